The summed E-state index contributed by atoms with van der Waals surface area (Å²) in [5, 5.41) is 0. The van der Waals surface area contributed by atoms with Crippen molar-refractivity contribution in [3.8, 4) is 0 Å². The summed E-state index contributed by atoms with van der Waals surface area (Å²) in [4.78, 5) is 4.13. The van der Waals surface area contributed by atoms with Crippen LogP contribution < -0.4 is 0 Å². The molecule has 7 heteroatoms. The van der Waals surface area contributed by atoms with E-state index in [4.69, 9.17) is 9.47 Å². The average Bonchev–Trinajstić information content (AvgIpc) is 2.93. The summed E-state index contributed by atoms with van der Waals surface area (Å²) in [5.41, 5.74) is 0. The van der Waals surface area contributed by atoms with Crippen LogP contribution in [0.15, 0.2) is 42.1 Å². The zero-order valence-electron chi connectivity index (χ0n) is 12.3. The molecule has 3 heterocycles. The summed E-state index contributed by atoms with van der Waals surface area (Å²) in [5.74, 6) is 0. The molecule has 2 fully saturated rings. The molecule has 2 aliphatic heterocycles. The van der Waals surface area contributed by atoms with Gasteiger partial charge in [0.2, 0.25) is 10.0 Å². The molecule has 3 atom stereocenters. The molecule has 0 aromatic carbocycles. The lowest BCUT2D eigenvalue weighted by molar-refractivity contribution is -0.0696. The van der Waals surface area contributed by atoms with Gasteiger partial charge in [0.1, 0.15) is 11.0 Å². The minimum Gasteiger partial charge on any atom is -0.374 e. The maximum Gasteiger partial charge on any atom is 0.245 e. The van der Waals surface area contributed by atoms with Gasteiger partial charge in [-0.25, -0.2) is 8.42 Å². The first-order valence-electron chi connectivity index (χ1n) is 7.40. The Morgan fingerprint density at radius 2 is 2.41 bits per heavy atom. The normalized spacial score (nSPS) is 29.2. The SMILES string of the molecule is C=CCO[C@H]1CN(S(=O)(=O)c2cccnc2)[C@H]2CCCO[C@@H]12. The molecule has 0 aliphatic carbocycles. The summed E-state index contributed by atoms with van der Waals surface area (Å²) in [6.07, 6.45) is 5.79. The lowest BCUT2D eigenvalue weighted by Crippen LogP contribution is -2.43. The van der Waals surface area contributed by atoms with E-state index in [1.54, 1.807) is 24.4 Å². The Morgan fingerprint density at radius 1 is 1.55 bits per heavy atom. The number of nitrogens with zero attached hydrogens (tertiary/aromatic N) is 2. The molecule has 2 aliphatic rings. The van der Waals surface area contributed by atoms with Crippen molar-refractivity contribution in [2.24, 2.45) is 0 Å². The van der Waals surface area contributed by atoms with E-state index in [9.17, 15) is 8.42 Å². The van der Waals surface area contributed by atoms with Gasteiger partial charge >= 0.3 is 0 Å². The molecule has 1 aromatic rings. The lowest BCUT2D eigenvalue weighted by atomic mass is 10.0. The summed E-state index contributed by atoms with van der Waals surface area (Å²) < 4.78 is 38.8. The van der Waals surface area contributed by atoms with Gasteiger partial charge in [-0.1, -0.05) is 6.08 Å². The number of ether oxygens (including phenoxy) is 2. The Labute approximate surface area is 130 Å². The van der Waals surface area contributed by atoms with E-state index in [2.05, 4.69) is 11.6 Å². The van der Waals surface area contributed by atoms with Gasteiger partial charge in [-0.15, -0.1) is 6.58 Å². The molecule has 0 amide bonds. The molecule has 0 spiro atoms. The second kappa shape index (κ2) is 6.45. The summed E-state index contributed by atoms with van der Waals surface area (Å²) in [6, 6.07) is 3.02. The minimum absolute atomic E-state index is 0.172. The number of fused-ring (bicyclic) bond motifs is 1. The van der Waals surface area contributed by atoms with E-state index < -0.39 is 10.0 Å². The molecule has 120 valence electrons. The second-order valence-electron chi connectivity index (χ2n) is 5.47. The number of pyridine rings is 1. The first-order valence-corrected chi connectivity index (χ1v) is 8.84. The third-order valence-corrected chi connectivity index (χ3v) is 5.97. The molecule has 22 heavy (non-hydrogen) atoms. The van der Waals surface area contributed by atoms with Gasteiger partial charge in [0.05, 0.1) is 18.8 Å². The van der Waals surface area contributed by atoms with Crippen molar-refractivity contribution in [1.29, 1.82) is 0 Å². The highest BCUT2D eigenvalue weighted by molar-refractivity contribution is 7.89. The minimum atomic E-state index is -3.58. The van der Waals surface area contributed by atoms with Crippen molar-refractivity contribution in [2.45, 2.75) is 36.0 Å². The molecule has 1 aromatic heterocycles. The maximum absolute atomic E-state index is 12.9. The molecule has 0 bridgehead atoms. The van der Waals surface area contributed by atoms with Gasteiger partial charge in [-0.05, 0) is 25.0 Å². The van der Waals surface area contributed by atoms with Crippen molar-refractivity contribution >= 4 is 10.0 Å². The molecule has 0 radical (unpaired) electrons. The van der Waals surface area contributed by atoms with E-state index in [1.165, 1.54) is 10.5 Å². The van der Waals surface area contributed by atoms with Crippen LogP contribution in [0.1, 0.15) is 12.8 Å². The van der Waals surface area contributed by atoms with Gasteiger partial charge in [0.25, 0.3) is 0 Å². The fraction of sp³-hybridized carbons (Fsp3) is 0.533. The molecule has 0 saturated carbocycles. The smallest absolute Gasteiger partial charge is 0.245 e. The van der Waals surface area contributed by atoms with Crippen molar-refractivity contribution in [3.05, 3.63) is 37.2 Å². The highest BCUT2D eigenvalue weighted by Gasteiger charge is 2.49. The predicted molar refractivity (Wildman–Crippen MR) is 80.8 cm³/mol. The van der Waals surface area contributed by atoms with Crippen molar-refractivity contribution in [2.75, 3.05) is 19.8 Å². The number of sulfonamides is 1. The van der Waals surface area contributed by atoms with Gasteiger partial charge in [0.15, 0.2) is 0 Å². The number of aromatic nitrogens is 1. The highest BCUT2D eigenvalue weighted by atomic mass is 32.2. The maximum atomic E-state index is 12.9. The second-order valence-corrected chi connectivity index (χ2v) is 7.36. The Balaban J connectivity index is 1.88. The molecule has 0 unspecified atom stereocenters. The number of rotatable bonds is 5. The monoisotopic (exact) mass is 324 g/mol. The van der Waals surface area contributed by atoms with E-state index in [1.807, 2.05) is 0 Å². The average molecular weight is 324 g/mol. The fourth-order valence-electron chi connectivity index (χ4n) is 3.12. The van der Waals surface area contributed by atoms with Crippen LogP contribution in [-0.4, -0.2) is 55.7 Å². The first kappa shape index (κ1) is 15.6. The summed E-state index contributed by atoms with van der Waals surface area (Å²) in [6.45, 7) is 4.98. The predicted octanol–water partition coefficient (Wildman–Crippen LogP) is 1.20. The quantitative estimate of drug-likeness (QED) is 0.762. The highest BCUT2D eigenvalue weighted by Crippen LogP contribution is 2.34. The fourth-order valence-corrected chi connectivity index (χ4v) is 4.76. The van der Waals surface area contributed by atoms with Crippen molar-refractivity contribution in [3.63, 3.8) is 0 Å². The zero-order valence-corrected chi connectivity index (χ0v) is 13.1. The van der Waals surface area contributed by atoms with Crippen molar-refractivity contribution < 1.29 is 17.9 Å². The third kappa shape index (κ3) is 2.81. The van der Waals surface area contributed by atoms with Gasteiger partial charge in [-0.2, -0.15) is 4.31 Å². The molecule has 3 rings (SSSR count). The van der Waals surface area contributed by atoms with Gasteiger partial charge in [0, 0.05) is 25.5 Å². The first-order chi connectivity index (χ1) is 10.6. The molecular weight excluding hydrogens is 304 g/mol. The van der Waals surface area contributed by atoms with Crippen LogP contribution in [0.3, 0.4) is 0 Å². The van der Waals surface area contributed by atoms with Crippen molar-refractivity contribution in [1.82, 2.24) is 9.29 Å². The van der Waals surface area contributed by atoms with E-state index >= 15 is 0 Å². The van der Waals surface area contributed by atoms with Crippen LogP contribution >= 0.6 is 0 Å². The van der Waals surface area contributed by atoms with Crippen LogP contribution in [0, 0.1) is 0 Å². The molecule has 0 N–H and O–H groups in total. The van der Waals surface area contributed by atoms with Crippen LogP contribution in [0.4, 0.5) is 0 Å². The topological polar surface area (TPSA) is 68.7 Å². The van der Waals surface area contributed by atoms with Crippen LogP contribution in [0.25, 0.3) is 0 Å². The Kier molecular flexibility index (Phi) is 4.58. The van der Waals surface area contributed by atoms with Crippen LogP contribution in [-0.2, 0) is 19.5 Å². The zero-order chi connectivity index (χ0) is 15.6. The van der Waals surface area contributed by atoms with E-state index in [0.29, 0.717) is 19.8 Å². The summed E-state index contributed by atoms with van der Waals surface area (Å²) >= 11 is 0. The van der Waals surface area contributed by atoms with E-state index in [0.717, 1.165) is 12.8 Å². The largest absolute Gasteiger partial charge is 0.374 e. The van der Waals surface area contributed by atoms with Crippen LogP contribution in [0.2, 0.25) is 0 Å². The Morgan fingerprint density at radius 3 is 3.14 bits per heavy atom. The van der Waals surface area contributed by atoms with Gasteiger partial charge < -0.3 is 9.47 Å². The summed E-state index contributed by atoms with van der Waals surface area (Å²) in [7, 11) is -3.58. The Bertz CT molecular complexity index is 620. The molecular formula is C15H20N2O4S. The standard InChI is InChI=1S/C15H20N2O4S/c1-2-8-20-14-11-17(13-6-4-9-21-15(13)14)22(18,19)12-5-3-7-16-10-12/h2-3,5,7,10,13-15H,1,4,6,8-9,11H2/t13-,14-,15+/m0/s1. The number of hydrogen-bond acceptors (Lipinski definition) is 5. The molecule has 6 nitrogen and oxygen atoms in total. The third-order valence-electron chi connectivity index (χ3n) is 4.10. The number of hydrogen-bond donors (Lipinski definition) is 0. The molecule has 2 saturated heterocycles. The lowest BCUT2D eigenvalue weighted by Gasteiger charge is -2.31. The van der Waals surface area contributed by atoms with Gasteiger partial charge in [-0.3, -0.25) is 4.98 Å². The van der Waals surface area contributed by atoms with Crippen LogP contribution in [0.5, 0.6) is 0 Å². The Hall–Kier alpha value is -1.28. The van der Waals surface area contributed by atoms with E-state index in [-0.39, 0.29) is 23.1 Å².